The number of hydrogen-bond acceptors (Lipinski definition) is 3. The molecule has 3 nitrogen and oxygen atoms in total. The van der Waals surface area contributed by atoms with Crippen LogP contribution in [0.4, 0.5) is 0 Å². The van der Waals surface area contributed by atoms with Crippen LogP contribution in [0.5, 0.6) is 5.75 Å². The van der Waals surface area contributed by atoms with Gasteiger partial charge in [-0.05, 0) is 19.2 Å². The third kappa shape index (κ3) is 3.14. The van der Waals surface area contributed by atoms with Gasteiger partial charge in [0, 0.05) is 6.54 Å². The van der Waals surface area contributed by atoms with Crippen molar-refractivity contribution < 1.29 is 4.74 Å². The zero-order valence-electron chi connectivity index (χ0n) is 7.53. The molecule has 1 aromatic rings. The van der Waals surface area contributed by atoms with Gasteiger partial charge in [0.05, 0.1) is 0 Å². The normalized spacial score (nSPS) is 11.7. The number of nitrogens with one attached hydrogen (secondary N) is 1. The molecule has 0 amide bonds. The first kappa shape index (κ1) is 9.56. The van der Waals surface area contributed by atoms with Gasteiger partial charge in [-0.1, -0.05) is 18.2 Å². The summed E-state index contributed by atoms with van der Waals surface area (Å²) in [6.07, 6.45) is -0.424. The van der Waals surface area contributed by atoms with Crippen LogP contribution >= 0.6 is 0 Å². The lowest BCUT2D eigenvalue weighted by molar-refractivity contribution is 0.254. The highest BCUT2D eigenvalue weighted by molar-refractivity contribution is 5.22. The van der Waals surface area contributed by atoms with E-state index in [0.29, 0.717) is 6.54 Å². The molecule has 1 atom stereocenters. The monoisotopic (exact) mass is 176 g/mol. The van der Waals surface area contributed by atoms with E-state index < -0.39 is 6.10 Å². The minimum atomic E-state index is -0.424. The van der Waals surface area contributed by atoms with E-state index in [9.17, 15) is 0 Å². The topological polar surface area (TPSA) is 45.0 Å². The maximum Gasteiger partial charge on any atom is 0.196 e. The summed E-state index contributed by atoms with van der Waals surface area (Å²) in [5.74, 6) is 0.726. The molecule has 0 spiro atoms. The van der Waals surface area contributed by atoms with Gasteiger partial charge in [-0.15, -0.1) is 0 Å². The van der Waals surface area contributed by atoms with Crippen LogP contribution in [0.25, 0.3) is 0 Å². The van der Waals surface area contributed by atoms with Crippen molar-refractivity contribution in [3.05, 3.63) is 30.3 Å². The van der Waals surface area contributed by atoms with Crippen LogP contribution in [-0.2, 0) is 0 Å². The predicted octanol–water partition coefficient (Wildman–Crippen LogP) is 1.18. The predicted molar refractivity (Wildman–Crippen MR) is 50.4 cm³/mol. The fourth-order valence-electron chi connectivity index (χ4n) is 0.962. The fraction of sp³-hybridized carbons (Fsp3) is 0.300. The Balaban J connectivity index is 2.53. The lowest BCUT2D eigenvalue weighted by atomic mass is 10.3. The highest BCUT2D eigenvalue weighted by atomic mass is 16.5. The average molecular weight is 176 g/mol. The first-order valence-corrected chi connectivity index (χ1v) is 4.12. The number of hydrogen-bond donors (Lipinski definition) is 1. The van der Waals surface area contributed by atoms with Gasteiger partial charge in [0.15, 0.2) is 6.10 Å². The van der Waals surface area contributed by atoms with Crippen molar-refractivity contribution in [1.82, 2.24) is 5.32 Å². The Morgan fingerprint density at radius 1 is 1.46 bits per heavy atom. The largest absolute Gasteiger partial charge is 0.474 e. The molecule has 0 fully saturated rings. The molecule has 1 unspecified atom stereocenters. The standard InChI is InChI=1S/C10H12N2O/c1-12-8-10(7-11)13-9-5-3-2-4-6-9/h2-6,10,12H,8H2,1H3. The minimum Gasteiger partial charge on any atom is -0.474 e. The molecule has 0 saturated carbocycles. The van der Waals surface area contributed by atoms with E-state index in [-0.39, 0.29) is 0 Å². The van der Waals surface area contributed by atoms with Crippen LogP contribution in [0.2, 0.25) is 0 Å². The first-order chi connectivity index (χ1) is 6.36. The van der Waals surface area contributed by atoms with Crippen LogP contribution < -0.4 is 10.1 Å². The quantitative estimate of drug-likeness (QED) is 0.749. The van der Waals surface area contributed by atoms with Crippen molar-refractivity contribution in [1.29, 1.82) is 5.26 Å². The minimum absolute atomic E-state index is 0.424. The Hall–Kier alpha value is -1.53. The van der Waals surface area contributed by atoms with Gasteiger partial charge in [0.2, 0.25) is 0 Å². The summed E-state index contributed by atoms with van der Waals surface area (Å²) in [6.45, 7) is 0.533. The number of para-hydroxylation sites is 1. The second-order valence-corrected chi connectivity index (χ2v) is 2.61. The Kier molecular flexibility index (Phi) is 3.80. The fourth-order valence-corrected chi connectivity index (χ4v) is 0.962. The van der Waals surface area contributed by atoms with Crippen LogP contribution in [0.1, 0.15) is 0 Å². The van der Waals surface area contributed by atoms with Gasteiger partial charge in [-0.3, -0.25) is 0 Å². The molecule has 1 aromatic carbocycles. The van der Waals surface area contributed by atoms with E-state index in [0.717, 1.165) is 5.75 Å². The van der Waals surface area contributed by atoms with E-state index in [4.69, 9.17) is 10.00 Å². The van der Waals surface area contributed by atoms with Gasteiger partial charge in [-0.2, -0.15) is 5.26 Å². The molecule has 0 aliphatic rings. The van der Waals surface area contributed by atoms with E-state index in [1.165, 1.54) is 0 Å². The molecule has 0 heterocycles. The molecule has 0 aromatic heterocycles. The van der Waals surface area contributed by atoms with E-state index in [1.807, 2.05) is 30.3 Å². The van der Waals surface area contributed by atoms with Gasteiger partial charge >= 0.3 is 0 Å². The number of nitriles is 1. The zero-order chi connectivity index (χ0) is 9.52. The SMILES string of the molecule is CNCC(C#N)Oc1ccccc1. The molecule has 0 saturated heterocycles. The third-order valence-electron chi connectivity index (χ3n) is 1.56. The van der Waals surface area contributed by atoms with Gasteiger partial charge in [0.1, 0.15) is 11.8 Å². The highest BCUT2D eigenvalue weighted by Gasteiger charge is 2.06. The molecule has 0 bridgehead atoms. The maximum atomic E-state index is 8.70. The van der Waals surface area contributed by atoms with E-state index in [2.05, 4.69) is 11.4 Å². The summed E-state index contributed by atoms with van der Waals surface area (Å²) in [5, 5.41) is 11.6. The number of ether oxygens (including phenoxy) is 1. The van der Waals surface area contributed by atoms with E-state index >= 15 is 0 Å². The van der Waals surface area contributed by atoms with Gasteiger partial charge in [-0.25, -0.2) is 0 Å². The smallest absolute Gasteiger partial charge is 0.196 e. The van der Waals surface area contributed by atoms with Crippen molar-refractivity contribution in [2.24, 2.45) is 0 Å². The average Bonchev–Trinajstić information content (AvgIpc) is 2.19. The first-order valence-electron chi connectivity index (χ1n) is 4.12. The summed E-state index contributed by atoms with van der Waals surface area (Å²) in [7, 11) is 1.79. The van der Waals surface area contributed by atoms with Crippen molar-refractivity contribution in [3.63, 3.8) is 0 Å². The molecular formula is C10H12N2O. The molecule has 0 radical (unpaired) electrons. The number of rotatable bonds is 4. The lowest BCUT2D eigenvalue weighted by Gasteiger charge is -2.10. The van der Waals surface area contributed by atoms with Gasteiger partial charge in [0.25, 0.3) is 0 Å². The Morgan fingerprint density at radius 3 is 2.69 bits per heavy atom. The third-order valence-corrected chi connectivity index (χ3v) is 1.56. The summed E-state index contributed by atoms with van der Waals surface area (Å²) in [4.78, 5) is 0. The zero-order valence-corrected chi connectivity index (χ0v) is 7.53. The molecule has 13 heavy (non-hydrogen) atoms. The number of likely N-dealkylation sites (N-methyl/N-ethyl adjacent to an activating group) is 1. The second-order valence-electron chi connectivity index (χ2n) is 2.61. The summed E-state index contributed by atoms with van der Waals surface area (Å²) < 4.78 is 5.38. The van der Waals surface area contributed by atoms with Gasteiger partial charge < -0.3 is 10.1 Å². The Labute approximate surface area is 77.9 Å². The molecule has 68 valence electrons. The molecule has 0 aliphatic heterocycles. The number of benzene rings is 1. The highest BCUT2D eigenvalue weighted by Crippen LogP contribution is 2.09. The molecule has 1 N–H and O–H groups in total. The Bertz CT molecular complexity index is 279. The van der Waals surface area contributed by atoms with Crippen molar-refractivity contribution in [2.45, 2.75) is 6.10 Å². The van der Waals surface area contributed by atoms with Crippen LogP contribution in [0, 0.1) is 11.3 Å². The van der Waals surface area contributed by atoms with Crippen LogP contribution in [0.15, 0.2) is 30.3 Å². The molecule has 1 rings (SSSR count). The molecular weight excluding hydrogens is 164 g/mol. The van der Waals surface area contributed by atoms with Crippen LogP contribution in [-0.4, -0.2) is 19.7 Å². The summed E-state index contributed by atoms with van der Waals surface area (Å²) in [5.41, 5.74) is 0. The van der Waals surface area contributed by atoms with E-state index in [1.54, 1.807) is 7.05 Å². The van der Waals surface area contributed by atoms with Crippen LogP contribution in [0.3, 0.4) is 0 Å². The van der Waals surface area contributed by atoms with Crippen molar-refractivity contribution in [3.8, 4) is 11.8 Å². The van der Waals surface area contributed by atoms with Crippen molar-refractivity contribution >= 4 is 0 Å². The maximum absolute atomic E-state index is 8.70. The second kappa shape index (κ2) is 5.18. The Morgan fingerprint density at radius 2 is 2.15 bits per heavy atom. The lowest BCUT2D eigenvalue weighted by Crippen LogP contribution is -2.27. The molecule has 0 aliphatic carbocycles. The summed E-state index contributed by atoms with van der Waals surface area (Å²) in [6, 6.07) is 11.4. The van der Waals surface area contributed by atoms with Crippen molar-refractivity contribution in [2.75, 3.05) is 13.6 Å². The summed E-state index contributed by atoms with van der Waals surface area (Å²) >= 11 is 0. The number of nitrogens with zero attached hydrogens (tertiary/aromatic N) is 1. The molecule has 3 heteroatoms.